The molecule has 13 nitrogen and oxygen atoms in total. The van der Waals surface area contributed by atoms with Gasteiger partial charge < -0.3 is 53.7 Å². The van der Waals surface area contributed by atoms with E-state index in [0.717, 1.165) is 0 Å². The quantitative estimate of drug-likeness (QED) is 0.296. The molecule has 0 amide bonds. The molecular formula is C36H63NO12. The second-order valence-electron chi connectivity index (χ2n) is 16.1. The van der Waals surface area contributed by atoms with Gasteiger partial charge in [-0.2, -0.15) is 0 Å². The van der Waals surface area contributed by atoms with E-state index in [2.05, 4.69) is 0 Å². The van der Waals surface area contributed by atoms with E-state index in [9.17, 15) is 30.0 Å². The van der Waals surface area contributed by atoms with Crippen LogP contribution in [0, 0.1) is 35.5 Å². The van der Waals surface area contributed by atoms with Gasteiger partial charge in [0, 0.05) is 43.2 Å². The molecule has 0 aromatic heterocycles. The van der Waals surface area contributed by atoms with Crippen LogP contribution in [0.4, 0.5) is 0 Å². The monoisotopic (exact) mass is 701 g/mol. The fourth-order valence-electron chi connectivity index (χ4n) is 8.58. The highest BCUT2D eigenvalue weighted by molar-refractivity contribution is 5.83. The molecule has 3 aliphatic heterocycles. The number of esters is 1. The van der Waals surface area contributed by atoms with Gasteiger partial charge in [0.1, 0.15) is 29.7 Å². The van der Waals surface area contributed by atoms with Crippen molar-refractivity contribution in [2.24, 2.45) is 35.5 Å². The molecule has 0 aromatic carbocycles. The number of rotatable bonds is 6. The van der Waals surface area contributed by atoms with Crippen molar-refractivity contribution in [1.82, 2.24) is 4.90 Å². The standard InChI is InChI=1S/C36H63NO12/c1-16-13-17(2)28(48-34-27(39)24(37(10)11)14-18(3)45-34)20(5)29(47-25-15-35(9,44-12)31(41)23(8)46-25)21(6)33(42)49-32-22(7)36(32,43)30(40)19(4)26(16)38/h16-25,27-32,34,39-41,43H,13-15H2,1-12H3/t16-,17?,18?,19+,20?,21?,22?,23?,24?,25+,27-,28+,29?,30-,31+,32?,34?,35-,36+/m1/s1. The molecule has 284 valence electrons. The molecule has 4 rings (SSSR count). The van der Waals surface area contributed by atoms with Gasteiger partial charge in [-0.3, -0.25) is 9.59 Å². The van der Waals surface area contributed by atoms with E-state index in [-0.39, 0.29) is 30.3 Å². The van der Waals surface area contributed by atoms with E-state index in [1.807, 2.05) is 39.8 Å². The smallest absolute Gasteiger partial charge is 0.311 e. The maximum Gasteiger partial charge on any atom is 0.311 e. The lowest BCUT2D eigenvalue weighted by Gasteiger charge is -2.47. The zero-order valence-electron chi connectivity index (χ0n) is 31.4. The summed E-state index contributed by atoms with van der Waals surface area (Å²) in [5, 5.41) is 45.0. The number of ketones is 1. The number of hydrogen-bond donors (Lipinski definition) is 4. The zero-order chi connectivity index (χ0) is 36.9. The number of methoxy groups -OCH3 is 1. The molecule has 13 heteroatoms. The summed E-state index contributed by atoms with van der Waals surface area (Å²) in [6, 6.07) is -0.226. The normalized spacial score (nSPS) is 51.9. The van der Waals surface area contributed by atoms with Crippen LogP contribution in [0.3, 0.4) is 0 Å². The molecule has 10 unspecified atom stereocenters. The molecule has 0 aromatic rings. The van der Waals surface area contributed by atoms with Gasteiger partial charge in [-0.15, -0.1) is 0 Å². The summed E-state index contributed by atoms with van der Waals surface area (Å²) in [4.78, 5) is 29.6. The van der Waals surface area contributed by atoms with Crippen molar-refractivity contribution in [3.63, 3.8) is 0 Å². The summed E-state index contributed by atoms with van der Waals surface area (Å²) < 4.78 is 37.3. The average molecular weight is 702 g/mol. The topological polar surface area (TPSA) is 174 Å². The summed E-state index contributed by atoms with van der Waals surface area (Å²) in [7, 11) is 5.31. The minimum absolute atomic E-state index is 0.169. The number of nitrogens with zero attached hydrogens (tertiary/aromatic N) is 1. The fraction of sp³-hybridized carbons (Fsp3) is 0.944. The maximum atomic E-state index is 13.9. The molecular weight excluding hydrogens is 638 g/mol. The SMILES string of the molecule is CO[C@]1(C)C[C@H](OC2C(C)C(=O)OC3C(C)[C@]3(O)[C@H](O)[C@@H](C)C(=O)[C@H](C)CC(C)[C@H](OC3OC(C)CC(N(C)C)[C@H]3O)C2C)OC(C)[C@@H]1O. The van der Waals surface area contributed by atoms with Crippen LogP contribution < -0.4 is 0 Å². The van der Waals surface area contributed by atoms with Crippen molar-refractivity contribution in [2.45, 2.75) is 160 Å². The molecule has 0 spiro atoms. The minimum atomic E-state index is -1.76. The fourth-order valence-corrected chi connectivity index (χ4v) is 8.58. The van der Waals surface area contributed by atoms with Gasteiger partial charge in [0.05, 0.1) is 42.0 Å². The van der Waals surface area contributed by atoms with E-state index in [1.165, 1.54) is 7.11 Å². The lowest BCUT2D eigenvalue weighted by atomic mass is 9.77. The zero-order valence-corrected chi connectivity index (χ0v) is 31.4. The number of likely N-dealkylation sites (N-methyl/N-ethyl adjacent to an activating group) is 1. The summed E-state index contributed by atoms with van der Waals surface area (Å²) >= 11 is 0. The van der Waals surface area contributed by atoms with E-state index in [1.54, 1.807) is 41.5 Å². The van der Waals surface area contributed by atoms with Crippen LogP contribution >= 0.6 is 0 Å². The van der Waals surface area contributed by atoms with Crippen LogP contribution in [-0.4, -0.2) is 137 Å². The van der Waals surface area contributed by atoms with E-state index >= 15 is 0 Å². The van der Waals surface area contributed by atoms with E-state index in [4.69, 9.17) is 28.4 Å². The largest absolute Gasteiger partial charge is 0.458 e. The Morgan fingerprint density at radius 1 is 0.857 bits per heavy atom. The van der Waals surface area contributed by atoms with Gasteiger partial charge in [-0.1, -0.05) is 34.6 Å². The van der Waals surface area contributed by atoms with Crippen LogP contribution in [0.1, 0.15) is 81.6 Å². The Balaban J connectivity index is 1.75. The summed E-state index contributed by atoms with van der Waals surface area (Å²) in [5.41, 5.74) is -2.75. The number of hydrogen-bond acceptors (Lipinski definition) is 13. The van der Waals surface area contributed by atoms with Gasteiger partial charge in [-0.25, -0.2) is 0 Å². The van der Waals surface area contributed by atoms with Crippen LogP contribution in [0.5, 0.6) is 0 Å². The second-order valence-corrected chi connectivity index (χ2v) is 16.1. The molecule has 3 heterocycles. The third kappa shape index (κ3) is 7.91. The Morgan fingerprint density at radius 2 is 1.49 bits per heavy atom. The third-order valence-corrected chi connectivity index (χ3v) is 12.2. The van der Waals surface area contributed by atoms with Gasteiger partial charge in [0.25, 0.3) is 0 Å². The van der Waals surface area contributed by atoms with E-state index < -0.39 is 102 Å². The van der Waals surface area contributed by atoms with Crippen LogP contribution in [-0.2, 0) is 38.0 Å². The summed E-state index contributed by atoms with van der Waals surface area (Å²) in [5.74, 6) is -4.68. The highest BCUT2D eigenvalue weighted by Gasteiger charge is 2.70. The number of Topliss-reactive ketones (excluding diaryl/α,β-unsaturated/α-hetero) is 1. The number of aliphatic hydroxyl groups is 4. The first-order valence-electron chi connectivity index (χ1n) is 18.0. The maximum absolute atomic E-state index is 13.9. The van der Waals surface area contributed by atoms with Gasteiger partial charge >= 0.3 is 5.97 Å². The Morgan fingerprint density at radius 3 is 2.08 bits per heavy atom. The predicted molar refractivity (Wildman–Crippen MR) is 178 cm³/mol. The number of carbonyl (C=O) groups excluding carboxylic acids is 2. The average Bonchev–Trinajstić information content (AvgIpc) is 3.57. The molecule has 49 heavy (non-hydrogen) atoms. The number of aliphatic hydroxyl groups excluding tert-OH is 3. The Hall–Kier alpha value is -1.26. The highest BCUT2D eigenvalue weighted by Crippen LogP contribution is 2.51. The van der Waals surface area contributed by atoms with Gasteiger partial charge in [0.2, 0.25) is 0 Å². The van der Waals surface area contributed by atoms with Crippen molar-refractivity contribution in [3.8, 4) is 0 Å². The highest BCUT2D eigenvalue weighted by atomic mass is 16.7. The molecule has 19 atom stereocenters. The summed E-state index contributed by atoms with van der Waals surface area (Å²) in [6.07, 6.45) is -7.52. The molecule has 1 saturated carbocycles. The lowest BCUT2D eigenvalue weighted by molar-refractivity contribution is -0.309. The first-order chi connectivity index (χ1) is 22.7. The molecule has 4 N–H and O–H groups in total. The number of carbonyl (C=O) groups is 2. The molecule has 4 fully saturated rings. The van der Waals surface area contributed by atoms with Crippen molar-refractivity contribution >= 4 is 11.8 Å². The van der Waals surface area contributed by atoms with Crippen LogP contribution in [0.2, 0.25) is 0 Å². The first kappa shape index (κ1) is 40.5. The second kappa shape index (κ2) is 15.4. The predicted octanol–water partition coefficient (Wildman–Crippen LogP) is 1.89. The molecule has 1 aliphatic carbocycles. The Bertz CT molecular complexity index is 1160. The van der Waals surface area contributed by atoms with Crippen LogP contribution in [0.25, 0.3) is 0 Å². The molecule has 0 radical (unpaired) electrons. The van der Waals surface area contributed by atoms with Crippen molar-refractivity contribution in [1.29, 1.82) is 0 Å². The summed E-state index contributed by atoms with van der Waals surface area (Å²) in [6.45, 7) is 16.0. The molecule has 4 aliphatic rings. The first-order valence-corrected chi connectivity index (χ1v) is 18.0. The lowest BCUT2D eigenvalue weighted by Crippen LogP contribution is -2.58. The van der Waals surface area contributed by atoms with Crippen molar-refractivity contribution < 1.29 is 58.4 Å². The molecule has 3 saturated heterocycles. The third-order valence-electron chi connectivity index (χ3n) is 12.2. The number of fused-ring (bicyclic) bond motifs is 1. The number of ether oxygens (including phenoxy) is 6. The van der Waals surface area contributed by atoms with Gasteiger partial charge in [-0.05, 0) is 60.5 Å². The van der Waals surface area contributed by atoms with Crippen molar-refractivity contribution in [3.05, 3.63) is 0 Å². The Kier molecular flexibility index (Phi) is 12.7. The molecule has 0 bridgehead atoms. The van der Waals surface area contributed by atoms with Crippen LogP contribution in [0.15, 0.2) is 0 Å². The van der Waals surface area contributed by atoms with Gasteiger partial charge in [0.15, 0.2) is 12.6 Å². The Labute approximate surface area is 291 Å². The minimum Gasteiger partial charge on any atom is -0.458 e. The van der Waals surface area contributed by atoms with Crippen molar-refractivity contribution in [2.75, 3.05) is 21.2 Å². The van der Waals surface area contributed by atoms with E-state index in [0.29, 0.717) is 12.8 Å².